The number of carbonyl (C=O) groups is 1. The van der Waals surface area contributed by atoms with Crippen LogP contribution in [-0.4, -0.2) is 28.9 Å². The Morgan fingerprint density at radius 1 is 1.43 bits per heavy atom. The first-order chi connectivity index (χ1) is 10.3. The number of nitrogens with zero attached hydrogens (tertiary/aromatic N) is 2. The molecule has 1 aliphatic heterocycles. The Morgan fingerprint density at radius 2 is 2.24 bits per heavy atom. The summed E-state index contributed by atoms with van der Waals surface area (Å²) in [4.78, 5) is 11.8. The van der Waals surface area contributed by atoms with E-state index in [0.717, 1.165) is 23.9 Å². The summed E-state index contributed by atoms with van der Waals surface area (Å²) >= 11 is 0. The summed E-state index contributed by atoms with van der Waals surface area (Å²) < 4.78 is 7.04. The Hall–Kier alpha value is -1.52. The first kappa shape index (κ1) is 14.4. The number of hydrogen-bond donors (Lipinski definition) is 1. The fourth-order valence-electron chi connectivity index (χ4n) is 3.46. The van der Waals surface area contributed by atoms with Crippen LogP contribution in [0.25, 0.3) is 0 Å². The van der Waals surface area contributed by atoms with Gasteiger partial charge >= 0.3 is 5.97 Å². The molecule has 1 atom stereocenters. The number of ether oxygens (including phenoxy) is 1. The zero-order valence-corrected chi connectivity index (χ0v) is 12.8. The molecule has 1 saturated carbocycles. The lowest BCUT2D eigenvalue weighted by molar-refractivity contribution is -0.148. The second-order valence-corrected chi connectivity index (χ2v) is 6.24. The molecule has 5 nitrogen and oxygen atoms in total. The van der Waals surface area contributed by atoms with Gasteiger partial charge in [-0.3, -0.25) is 4.79 Å². The standard InChI is InChI=1S/C16H25N3O2/c1-2-21-16(20)13-10-17-15-9-14(18-19(15)11-13)8-12-6-4-3-5-7-12/h9,12-13,17H,2-8,10-11H2,1H3. The van der Waals surface area contributed by atoms with E-state index in [1.165, 1.54) is 32.1 Å². The minimum absolute atomic E-state index is 0.125. The predicted octanol–water partition coefficient (Wildman–Crippen LogP) is 2.61. The van der Waals surface area contributed by atoms with Crippen LogP contribution in [0.2, 0.25) is 0 Å². The van der Waals surface area contributed by atoms with Crippen molar-refractivity contribution in [1.82, 2.24) is 9.78 Å². The Labute approximate surface area is 126 Å². The quantitative estimate of drug-likeness (QED) is 0.866. The lowest BCUT2D eigenvalue weighted by Gasteiger charge is -2.23. The molecule has 0 aromatic carbocycles. The van der Waals surface area contributed by atoms with Crippen LogP contribution in [0.15, 0.2) is 6.07 Å². The lowest BCUT2D eigenvalue weighted by atomic mass is 9.86. The Morgan fingerprint density at radius 3 is 3.00 bits per heavy atom. The fourth-order valence-corrected chi connectivity index (χ4v) is 3.46. The zero-order valence-electron chi connectivity index (χ0n) is 12.8. The van der Waals surface area contributed by atoms with E-state index in [9.17, 15) is 4.79 Å². The summed E-state index contributed by atoms with van der Waals surface area (Å²) in [6.45, 7) is 3.56. The average Bonchev–Trinajstić information content (AvgIpc) is 2.89. The Balaban J connectivity index is 1.62. The third kappa shape index (κ3) is 3.39. The summed E-state index contributed by atoms with van der Waals surface area (Å²) in [6.07, 6.45) is 7.86. The second-order valence-electron chi connectivity index (χ2n) is 6.24. The van der Waals surface area contributed by atoms with Gasteiger partial charge in [0.1, 0.15) is 5.82 Å². The van der Waals surface area contributed by atoms with Crippen LogP contribution in [0.1, 0.15) is 44.7 Å². The molecule has 2 aliphatic rings. The first-order valence-corrected chi connectivity index (χ1v) is 8.23. The molecule has 1 aromatic heterocycles. The van der Waals surface area contributed by atoms with Crippen LogP contribution in [0, 0.1) is 11.8 Å². The minimum Gasteiger partial charge on any atom is -0.466 e. The number of esters is 1. The van der Waals surface area contributed by atoms with E-state index in [1.54, 1.807) is 0 Å². The normalized spacial score (nSPS) is 22.4. The summed E-state index contributed by atoms with van der Waals surface area (Å²) in [5, 5.41) is 7.99. The first-order valence-electron chi connectivity index (χ1n) is 8.23. The largest absolute Gasteiger partial charge is 0.466 e. The molecule has 0 bridgehead atoms. The summed E-state index contributed by atoms with van der Waals surface area (Å²) in [7, 11) is 0. The second kappa shape index (κ2) is 6.50. The van der Waals surface area contributed by atoms with Crippen LogP contribution in [0.3, 0.4) is 0 Å². The molecule has 1 unspecified atom stereocenters. The number of fused-ring (bicyclic) bond motifs is 1. The molecule has 0 saturated heterocycles. The molecule has 1 fully saturated rings. The van der Waals surface area contributed by atoms with Crippen molar-refractivity contribution in [2.75, 3.05) is 18.5 Å². The SMILES string of the molecule is CCOC(=O)C1CNc2cc(CC3CCCCC3)nn2C1. The van der Waals surface area contributed by atoms with Crippen molar-refractivity contribution >= 4 is 11.8 Å². The van der Waals surface area contributed by atoms with Gasteiger partial charge in [-0.25, -0.2) is 4.68 Å². The molecule has 0 spiro atoms. The van der Waals surface area contributed by atoms with E-state index in [0.29, 0.717) is 19.7 Å². The molecule has 21 heavy (non-hydrogen) atoms. The van der Waals surface area contributed by atoms with Crippen molar-refractivity contribution in [3.63, 3.8) is 0 Å². The summed E-state index contributed by atoms with van der Waals surface area (Å²) in [6, 6.07) is 2.15. The maximum absolute atomic E-state index is 11.8. The van der Waals surface area contributed by atoms with Crippen LogP contribution in [0.4, 0.5) is 5.82 Å². The molecule has 0 radical (unpaired) electrons. The van der Waals surface area contributed by atoms with Gasteiger partial charge in [-0.1, -0.05) is 32.1 Å². The molecule has 116 valence electrons. The van der Waals surface area contributed by atoms with Crippen LogP contribution in [-0.2, 0) is 22.5 Å². The summed E-state index contributed by atoms with van der Waals surface area (Å²) in [5.74, 6) is 1.58. The van der Waals surface area contributed by atoms with Gasteiger partial charge in [-0.2, -0.15) is 5.10 Å². The third-order valence-corrected chi connectivity index (χ3v) is 4.60. The van der Waals surface area contributed by atoms with Gasteiger partial charge in [0.05, 0.1) is 24.8 Å². The van der Waals surface area contributed by atoms with Crippen LogP contribution >= 0.6 is 0 Å². The predicted molar refractivity (Wildman–Crippen MR) is 81.1 cm³/mol. The van der Waals surface area contributed by atoms with Gasteiger partial charge in [0.2, 0.25) is 0 Å². The smallest absolute Gasteiger partial charge is 0.312 e. The van der Waals surface area contributed by atoms with Crippen molar-refractivity contribution in [1.29, 1.82) is 0 Å². The molecular weight excluding hydrogens is 266 g/mol. The molecule has 2 heterocycles. The van der Waals surface area contributed by atoms with Gasteiger partial charge in [-0.05, 0) is 19.3 Å². The van der Waals surface area contributed by atoms with Crippen molar-refractivity contribution in [2.45, 2.75) is 52.0 Å². The monoisotopic (exact) mass is 291 g/mol. The van der Waals surface area contributed by atoms with Crippen LogP contribution in [0.5, 0.6) is 0 Å². The number of aromatic nitrogens is 2. The number of nitrogens with one attached hydrogen (secondary N) is 1. The van der Waals surface area contributed by atoms with Crippen molar-refractivity contribution < 1.29 is 9.53 Å². The van der Waals surface area contributed by atoms with Gasteiger partial charge < -0.3 is 10.1 Å². The Kier molecular flexibility index (Phi) is 4.46. The number of hydrogen-bond acceptors (Lipinski definition) is 4. The molecular formula is C16H25N3O2. The van der Waals surface area contributed by atoms with E-state index in [-0.39, 0.29) is 11.9 Å². The Bertz CT molecular complexity index is 492. The van der Waals surface area contributed by atoms with Gasteiger partial charge in [-0.15, -0.1) is 0 Å². The van der Waals surface area contributed by atoms with E-state index < -0.39 is 0 Å². The zero-order chi connectivity index (χ0) is 14.7. The average molecular weight is 291 g/mol. The van der Waals surface area contributed by atoms with E-state index in [1.807, 2.05) is 11.6 Å². The number of anilines is 1. The topological polar surface area (TPSA) is 56.1 Å². The highest BCUT2D eigenvalue weighted by Crippen LogP contribution is 2.28. The molecule has 0 amide bonds. The molecule has 1 N–H and O–H groups in total. The van der Waals surface area contributed by atoms with Gasteiger partial charge in [0, 0.05) is 12.6 Å². The number of rotatable bonds is 4. The molecule has 3 rings (SSSR count). The molecule has 1 aliphatic carbocycles. The van der Waals surface area contributed by atoms with Crippen LogP contribution < -0.4 is 5.32 Å². The van der Waals surface area contributed by atoms with E-state index in [2.05, 4.69) is 16.5 Å². The lowest BCUT2D eigenvalue weighted by Crippen LogP contribution is -2.34. The maximum atomic E-state index is 11.8. The van der Waals surface area contributed by atoms with E-state index in [4.69, 9.17) is 4.74 Å². The highest BCUT2D eigenvalue weighted by molar-refractivity contribution is 5.73. The summed E-state index contributed by atoms with van der Waals surface area (Å²) in [5.41, 5.74) is 1.16. The highest BCUT2D eigenvalue weighted by Gasteiger charge is 2.27. The molecule has 1 aromatic rings. The van der Waals surface area contributed by atoms with Crippen molar-refractivity contribution in [3.05, 3.63) is 11.8 Å². The molecule has 5 heteroatoms. The maximum Gasteiger partial charge on any atom is 0.312 e. The number of carbonyl (C=O) groups excluding carboxylic acids is 1. The third-order valence-electron chi connectivity index (χ3n) is 4.60. The fraction of sp³-hybridized carbons (Fsp3) is 0.750. The van der Waals surface area contributed by atoms with Crippen molar-refractivity contribution in [3.8, 4) is 0 Å². The van der Waals surface area contributed by atoms with Gasteiger partial charge in [0.25, 0.3) is 0 Å². The van der Waals surface area contributed by atoms with E-state index >= 15 is 0 Å². The highest BCUT2D eigenvalue weighted by atomic mass is 16.5. The van der Waals surface area contributed by atoms with Gasteiger partial charge in [0.15, 0.2) is 0 Å². The van der Waals surface area contributed by atoms with Crippen molar-refractivity contribution in [2.24, 2.45) is 11.8 Å². The minimum atomic E-state index is -0.125.